The number of fused-ring (bicyclic) bond motifs is 1. The van der Waals surface area contributed by atoms with Crippen LogP contribution in [0.25, 0.3) is 10.2 Å². The number of likely N-dealkylation sites (N-methyl/N-ethyl adjacent to an activating group) is 1. The third kappa shape index (κ3) is 4.84. The van der Waals surface area contributed by atoms with Crippen molar-refractivity contribution in [3.8, 4) is 0 Å². The molecular formula is C19H25Cl2N5OS. The van der Waals surface area contributed by atoms with E-state index in [2.05, 4.69) is 28.8 Å². The molecule has 0 aliphatic heterocycles. The summed E-state index contributed by atoms with van der Waals surface area (Å²) in [5.41, 5.74) is 2.22. The van der Waals surface area contributed by atoms with Crippen LogP contribution >= 0.6 is 35.3 Å². The van der Waals surface area contributed by atoms with Gasteiger partial charge in [-0.25, -0.2) is 4.98 Å². The summed E-state index contributed by atoms with van der Waals surface area (Å²) in [4.78, 5) is 21.9. The van der Waals surface area contributed by atoms with Gasteiger partial charge in [0.15, 0.2) is 10.8 Å². The summed E-state index contributed by atoms with van der Waals surface area (Å²) in [6.07, 6.45) is 0. The average molecular weight is 442 g/mol. The minimum absolute atomic E-state index is 0. The lowest BCUT2D eigenvalue weighted by Gasteiger charge is -2.24. The summed E-state index contributed by atoms with van der Waals surface area (Å²) >= 11 is 7.58. The highest BCUT2D eigenvalue weighted by Crippen LogP contribution is 2.31. The first kappa shape index (κ1) is 22.6. The van der Waals surface area contributed by atoms with E-state index in [1.165, 1.54) is 11.3 Å². The molecule has 0 N–H and O–H groups in total. The molecule has 0 atom stereocenters. The molecule has 0 bridgehead atoms. The van der Waals surface area contributed by atoms with E-state index >= 15 is 0 Å². The Labute approximate surface area is 180 Å². The van der Waals surface area contributed by atoms with E-state index < -0.39 is 0 Å². The van der Waals surface area contributed by atoms with E-state index in [1.807, 2.05) is 38.2 Å². The number of benzene rings is 1. The van der Waals surface area contributed by atoms with Gasteiger partial charge in [-0.3, -0.25) is 14.4 Å². The molecule has 152 valence electrons. The highest BCUT2D eigenvalue weighted by Gasteiger charge is 2.24. The normalized spacial score (nSPS) is 11.1. The lowest BCUT2D eigenvalue weighted by Crippen LogP contribution is -2.39. The number of rotatable bonds is 7. The van der Waals surface area contributed by atoms with Gasteiger partial charge in [-0.1, -0.05) is 36.8 Å². The number of aromatic nitrogens is 3. The van der Waals surface area contributed by atoms with Gasteiger partial charge >= 0.3 is 0 Å². The average Bonchev–Trinajstić information content (AvgIpc) is 3.21. The zero-order valence-corrected chi connectivity index (χ0v) is 18.9. The smallest absolute Gasteiger partial charge is 0.280 e. The standard InChI is InChI=1S/C19H24ClN5OS.ClH/c1-5-24(6-2)9-10-25(18(26)16-11-13(3)23(4)22-16)19-21-15-8-7-14(20)12-17(15)27-19;/h7-8,11-12H,5-6,9-10H2,1-4H3;1H. The van der Waals surface area contributed by atoms with Crippen molar-refractivity contribution in [1.82, 2.24) is 19.7 Å². The predicted octanol–water partition coefficient (Wildman–Crippen LogP) is 4.40. The van der Waals surface area contributed by atoms with Gasteiger partial charge in [0, 0.05) is 30.9 Å². The number of halogens is 2. The molecule has 0 saturated carbocycles. The largest absolute Gasteiger partial charge is 0.302 e. The van der Waals surface area contributed by atoms with Crippen LogP contribution in [0.3, 0.4) is 0 Å². The maximum absolute atomic E-state index is 13.2. The molecule has 0 spiro atoms. The number of amides is 1. The number of nitrogens with zero attached hydrogens (tertiary/aromatic N) is 5. The van der Waals surface area contributed by atoms with Gasteiger partial charge in [0.25, 0.3) is 5.91 Å². The Bertz CT molecular complexity index is 932. The molecule has 1 aromatic carbocycles. The van der Waals surface area contributed by atoms with Crippen LogP contribution in [0.4, 0.5) is 5.13 Å². The fourth-order valence-electron chi connectivity index (χ4n) is 2.87. The number of aryl methyl sites for hydroxylation is 2. The Kier molecular flexibility index (Phi) is 7.83. The monoisotopic (exact) mass is 441 g/mol. The van der Waals surface area contributed by atoms with Crippen molar-refractivity contribution >= 4 is 56.6 Å². The number of hydrogen-bond donors (Lipinski definition) is 0. The second kappa shape index (κ2) is 9.69. The van der Waals surface area contributed by atoms with Crippen molar-refractivity contribution in [2.45, 2.75) is 20.8 Å². The van der Waals surface area contributed by atoms with Gasteiger partial charge in [0.1, 0.15) is 0 Å². The lowest BCUT2D eigenvalue weighted by atomic mass is 10.3. The zero-order valence-electron chi connectivity index (χ0n) is 16.5. The van der Waals surface area contributed by atoms with E-state index in [-0.39, 0.29) is 18.3 Å². The maximum atomic E-state index is 13.2. The van der Waals surface area contributed by atoms with Crippen LogP contribution in [0.2, 0.25) is 5.02 Å². The first-order valence-corrected chi connectivity index (χ1v) is 10.2. The molecule has 1 amide bonds. The predicted molar refractivity (Wildman–Crippen MR) is 119 cm³/mol. The molecule has 0 aliphatic carbocycles. The number of anilines is 1. The first-order chi connectivity index (χ1) is 12.9. The molecule has 0 unspecified atom stereocenters. The molecule has 3 rings (SSSR count). The Morgan fingerprint density at radius 1 is 1.21 bits per heavy atom. The number of carbonyl (C=O) groups is 1. The number of carbonyl (C=O) groups excluding carboxylic acids is 1. The second-order valence-corrected chi connectivity index (χ2v) is 7.83. The van der Waals surface area contributed by atoms with E-state index in [9.17, 15) is 4.79 Å². The number of thiazole rings is 1. The van der Waals surface area contributed by atoms with Gasteiger partial charge in [-0.2, -0.15) is 5.10 Å². The lowest BCUT2D eigenvalue weighted by molar-refractivity contribution is 0.0978. The van der Waals surface area contributed by atoms with Gasteiger partial charge in [-0.05, 0) is 44.3 Å². The topological polar surface area (TPSA) is 54.3 Å². The van der Waals surface area contributed by atoms with Crippen LogP contribution < -0.4 is 4.90 Å². The van der Waals surface area contributed by atoms with Gasteiger partial charge < -0.3 is 4.90 Å². The fraction of sp³-hybridized carbons (Fsp3) is 0.421. The first-order valence-electron chi connectivity index (χ1n) is 9.03. The minimum Gasteiger partial charge on any atom is -0.302 e. The summed E-state index contributed by atoms with van der Waals surface area (Å²) in [7, 11) is 1.84. The van der Waals surface area contributed by atoms with Gasteiger partial charge in [0.05, 0.1) is 10.2 Å². The van der Waals surface area contributed by atoms with E-state index in [0.29, 0.717) is 22.4 Å². The molecule has 0 radical (unpaired) electrons. The van der Waals surface area contributed by atoms with Crippen molar-refractivity contribution < 1.29 is 4.79 Å². The Balaban J connectivity index is 0.00000280. The van der Waals surface area contributed by atoms with E-state index in [0.717, 1.165) is 35.5 Å². The highest BCUT2D eigenvalue weighted by molar-refractivity contribution is 7.22. The van der Waals surface area contributed by atoms with Gasteiger partial charge in [0.2, 0.25) is 0 Å². The second-order valence-electron chi connectivity index (χ2n) is 6.39. The summed E-state index contributed by atoms with van der Waals surface area (Å²) in [5, 5.41) is 5.70. The molecule has 0 fully saturated rings. The van der Waals surface area contributed by atoms with Crippen LogP contribution in [0, 0.1) is 6.92 Å². The van der Waals surface area contributed by atoms with Crippen molar-refractivity contribution in [1.29, 1.82) is 0 Å². The summed E-state index contributed by atoms with van der Waals surface area (Å²) in [6.45, 7) is 9.40. The molecule has 28 heavy (non-hydrogen) atoms. The molecule has 2 heterocycles. The van der Waals surface area contributed by atoms with Crippen LogP contribution in [-0.4, -0.2) is 51.8 Å². The summed E-state index contributed by atoms with van der Waals surface area (Å²) in [5.74, 6) is -0.129. The molecule has 2 aromatic heterocycles. The third-order valence-corrected chi connectivity index (χ3v) is 5.96. The molecular weight excluding hydrogens is 417 g/mol. The maximum Gasteiger partial charge on any atom is 0.280 e. The molecule has 6 nitrogen and oxygen atoms in total. The van der Waals surface area contributed by atoms with E-state index in [1.54, 1.807) is 9.58 Å². The van der Waals surface area contributed by atoms with Crippen molar-refractivity contribution in [2.75, 3.05) is 31.1 Å². The highest BCUT2D eigenvalue weighted by atomic mass is 35.5. The van der Waals surface area contributed by atoms with Crippen LogP contribution in [0.5, 0.6) is 0 Å². The SMILES string of the molecule is CCN(CC)CCN(C(=O)c1cc(C)n(C)n1)c1nc2ccc(Cl)cc2s1.Cl. The van der Waals surface area contributed by atoms with E-state index in [4.69, 9.17) is 11.6 Å². The summed E-state index contributed by atoms with van der Waals surface area (Å²) < 4.78 is 2.68. The van der Waals surface area contributed by atoms with Gasteiger partial charge in [-0.15, -0.1) is 12.4 Å². The Hall–Kier alpha value is -1.67. The van der Waals surface area contributed by atoms with Crippen LogP contribution in [-0.2, 0) is 7.05 Å². The van der Waals surface area contributed by atoms with Crippen LogP contribution in [0.15, 0.2) is 24.3 Å². The summed E-state index contributed by atoms with van der Waals surface area (Å²) in [6, 6.07) is 7.40. The Morgan fingerprint density at radius 2 is 1.93 bits per heavy atom. The van der Waals surface area contributed by atoms with Crippen molar-refractivity contribution in [2.24, 2.45) is 7.05 Å². The zero-order chi connectivity index (χ0) is 19.6. The molecule has 9 heteroatoms. The molecule has 0 saturated heterocycles. The van der Waals surface area contributed by atoms with Crippen molar-refractivity contribution in [3.63, 3.8) is 0 Å². The molecule has 0 aliphatic rings. The minimum atomic E-state index is -0.129. The van der Waals surface area contributed by atoms with Crippen molar-refractivity contribution in [3.05, 3.63) is 40.7 Å². The van der Waals surface area contributed by atoms with Crippen LogP contribution in [0.1, 0.15) is 30.0 Å². The number of hydrogen-bond acceptors (Lipinski definition) is 5. The molecule has 3 aromatic rings. The fourth-order valence-corrected chi connectivity index (χ4v) is 4.14. The quantitative estimate of drug-likeness (QED) is 0.544. The third-order valence-electron chi connectivity index (χ3n) is 4.68. The Morgan fingerprint density at radius 3 is 2.54 bits per heavy atom.